The van der Waals surface area contributed by atoms with Crippen LogP contribution in [0.1, 0.15) is 32.3 Å². The van der Waals surface area contributed by atoms with Crippen molar-refractivity contribution in [1.82, 2.24) is 4.90 Å². The Morgan fingerprint density at radius 3 is 2.38 bits per heavy atom. The quantitative estimate of drug-likeness (QED) is 0.872. The first-order valence-electron chi connectivity index (χ1n) is 7.14. The minimum Gasteiger partial charge on any atom is -0.381 e. The van der Waals surface area contributed by atoms with Gasteiger partial charge in [0.2, 0.25) is 0 Å². The Labute approximate surface area is 128 Å². The number of nitrogens with one attached hydrogen (secondary N) is 1. The van der Waals surface area contributed by atoms with Crippen molar-refractivity contribution in [2.24, 2.45) is 0 Å². The highest BCUT2D eigenvalue weighted by molar-refractivity contribution is 6.33. The first kappa shape index (κ1) is 16.4. The highest BCUT2D eigenvalue weighted by Gasteiger charge is 2.31. The molecule has 2 nitrogen and oxygen atoms in total. The van der Waals surface area contributed by atoms with Crippen LogP contribution in [0.3, 0.4) is 0 Å². The van der Waals surface area contributed by atoms with Crippen LogP contribution in [0.5, 0.6) is 0 Å². The predicted molar refractivity (Wildman–Crippen MR) is 79.8 cm³/mol. The standard InChI is InChI=1S/C15H20ClF3N2/c1-10(2)21-7-5-12(6-8-21)20-14-9-11(15(17,18)19)3-4-13(14)16/h3-4,9-10,12,20H,5-8H2,1-2H3. The van der Waals surface area contributed by atoms with E-state index in [4.69, 9.17) is 11.6 Å². The SMILES string of the molecule is CC(C)N1CCC(Nc2cc(C(F)(F)F)ccc2Cl)CC1. The number of hydrogen-bond donors (Lipinski definition) is 1. The minimum atomic E-state index is -4.35. The normalized spacial score (nSPS) is 18.2. The second-order valence-corrected chi connectivity index (χ2v) is 6.15. The summed E-state index contributed by atoms with van der Waals surface area (Å²) in [6, 6.07) is 4.08. The summed E-state index contributed by atoms with van der Waals surface area (Å²) in [7, 11) is 0. The summed E-state index contributed by atoms with van der Waals surface area (Å²) in [4.78, 5) is 2.37. The lowest BCUT2D eigenvalue weighted by molar-refractivity contribution is -0.137. The van der Waals surface area contributed by atoms with Crippen molar-refractivity contribution in [2.75, 3.05) is 18.4 Å². The monoisotopic (exact) mass is 320 g/mol. The fourth-order valence-electron chi connectivity index (χ4n) is 2.59. The van der Waals surface area contributed by atoms with Gasteiger partial charge in [0, 0.05) is 25.2 Å². The van der Waals surface area contributed by atoms with Crippen molar-refractivity contribution >= 4 is 17.3 Å². The molecule has 21 heavy (non-hydrogen) atoms. The van der Waals surface area contributed by atoms with E-state index in [0.29, 0.717) is 16.8 Å². The number of hydrogen-bond acceptors (Lipinski definition) is 2. The molecule has 6 heteroatoms. The summed E-state index contributed by atoms with van der Waals surface area (Å²) in [5, 5.41) is 3.49. The van der Waals surface area contributed by atoms with Crippen molar-refractivity contribution in [3.8, 4) is 0 Å². The van der Waals surface area contributed by atoms with Crippen molar-refractivity contribution < 1.29 is 13.2 Å². The van der Waals surface area contributed by atoms with Crippen LogP contribution >= 0.6 is 11.6 Å². The van der Waals surface area contributed by atoms with Gasteiger partial charge >= 0.3 is 6.18 Å². The molecule has 0 aromatic heterocycles. The Kier molecular flexibility index (Phi) is 5.04. The average Bonchev–Trinajstić information content (AvgIpc) is 2.40. The van der Waals surface area contributed by atoms with Crippen molar-refractivity contribution in [2.45, 2.75) is 44.9 Å². The predicted octanol–water partition coefficient (Wildman–Crippen LogP) is 4.64. The highest BCUT2D eigenvalue weighted by Crippen LogP contribution is 2.34. The minimum absolute atomic E-state index is 0.168. The van der Waals surface area contributed by atoms with Crippen LogP contribution in [0.25, 0.3) is 0 Å². The molecule has 1 aromatic carbocycles. The van der Waals surface area contributed by atoms with Crippen LogP contribution in [0, 0.1) is 0 Å². The number of alkyl halides is 3. The molecule has 1 heterocycles. The van der Waals surface area contributed by atoms with Gasteiger partial charge in [-0.05, 0) is 44.9 Å². The average molecular weight is 321 g/mol. The summed E-state index contributed by atoms with van der Waals surface area (Å²) >= 11 is 6.00. The molecule has 0 aliphatic carbocycles. The van der Waals surface area contributed by atoms with Crippen molar-refractivity contribution in [1.29, 1.82) is 0 Å². The number of halogens is 4. The Hall–Kier alpha value is -0.940. The molecule has 0 unspecified atom stereocenters. The van der Waals surface area contributed by atoms with Gasteiger partial charge < -0.3 is 10.2 Å². The molecule has 0 spiro atoms. The molecule has 1 N–H and O–H groups in total. The molecule has 0 atom stereocenters. The molecule has 2 rings (SSSR count). The molecular weight excluding hydrogens is 301 g/mol. The first-order chi connectivity index (χ1) is 9.77. The van der Waals surface area contributed by atoms with E-state index in [2.05, 4.69) is 24.1 Å². The number of rotatable bonds is 3. The summed E-state index contributed by atoms with van der Waals surface area (Å²) in [5.41, 5.74) is -0.302. The fourth-order valence-corrected chi connectivity index (χ4v) is 2.76. The molecule has 1 aliphatic rings. The molecular formula is C15H20ClF3N2. The molecule has 1 aliphatic heterocycles. The number of benzene rings is 1. The van der Waals surface area contributed by atoms with Gasteiger partial charge in [0.1, 0.15) is 0 Å². The Morgan fingerprint density at radius 1 is 1.24 bits per heavy atom. The second kappa shape index (κ2) is 6.44. The number of anilines is 1. The van der Waals surface area contributed by atoms with E-state index in [-0.39, 0.29) is 6.04 Å². The van der Waals surface area contributed by atoms with E-state index in [1.165, 1.54) is 6.07 Å². The van der Waals surface area contributed by atoms with Gasteiger partial charge in [0.05, 0.1) is 16.3 Å². The van der Waals surface area contributed by atoms with Crippen LogP contribution in [0.15, 0.2) is 18.2 Å². The van der Waals surface area contributed by atoms with Gasteiger partial charge in [-0.2, -0.15) is 13.2 Å². The topological polar surface area (TPSA) is 15.3 Å². The van der Waals surface area contributed by atoms with Gasteiger partial charge in [0.25, 0.3) is 0 Å². The maximum absolute atomic E-state index is 12.7. The fraction of sp³-hybridized carbons (Fsp3) is 0.600. The first-order valence-corrected chi connectivity index (χ1v) is 7.52. The van der Waals surface area contributed by atoms with Gasteiger partial charge in [0.15, 0.2) is 0 Å². The smallest absolute Gasteiger partial charge is 0.381 e. The Bertz CT molecular complexity index is 480. The Morgan fingerprint density at radius 2 is 1.86 bits per heavy atom. The van der Waals surface area contributed by atoms with Crippen molar-refractivity contribution in [3.05, 3.63) is 28.8 Å². The van der Waals surface area contributed by atoms with Crippen LogP contribution < -0.4 is 5.32 Å². The third kappa shape index (κ3) is 4.27. The van der Waals surface area contributed by atoms with E-state index in [9.17, 15) is 13.2 Å². The van der Waals surface area contributed by atoms with Gasteiger partial charge in [-0.3, -0.25) is 0 Å². The lowest BCUT2D eigenvalue weighted by Gasteiger charge is -2.35. The molecule has 1 saturated heterocycles. The molecule has 0 amide bonds. The summed E-state index contributed by atoms with van der Waals surface area (Å²) in [6.07, 6.45) is -2.53. The maximum atomic E-state index is 12.7. The third-order valence-electron chi connectivity index (χ3n) is 3.91. The highest BCUT2D eigenvalue weighted by atomic mass is 35.5. The Balaban J connectivity index is 2.03. The lowest BCUT2D eigenvalue weighted by Crippen LogP contribution is -2.42. The van der Waals surface area contributed by atoms with Crippen molar-refractivity contribution in [3.63, 3.8) is 0 Å². The lowest BCUT2D eigenvalue weighted by atomic mass is 10.0. The van der Waals surface area contributed by atoms with E-state index in [1.54, 1.807) is 0 Å². The zero-order chi connectivity index (χ0) is 15.6. The van der Waals surface area contributed by atoms with Gasteiger partial charge in [-0.25, -0.2) is 0 Å². The van der Waals surface area contributed by atoms with E-state index in [0.717, 1.165) is 38.1 Å². The zero-order valence-electron chi connectivity index (χ0n) is 12.2. The summed E-state index contributed by atoms with van der Waals surface area (Å²) in [5.74, 6) is 0. The van der Waals surface area contributed by atoms with Gasteiger partial charge in [-0.15, -0.1) is 0 Å². The largest absolute Gasteiger partial charge is 0.416 e. The van der Waals surface area contributed by atoms with Crippen LogP contribution in [-0.4, -0.2) is 30.1 Å². The molecule has 0 saturated carbocycles. The molecule has 1 fully saturated rings. The van der Waals surface area contributed by atoms with Crippen LogP contribution in [0.2, 0.25) is 5.02 Å². The maximum Gasteiger partial charge on any atom is 0.416 e. The van der Waals surface area contributed by atoms with Crippen LogP contribution in [-0.2, 0) is 6.18 Å². The molecule has 1 aromatic rings. The second-order valence-electron chi connectivity index (χ2n) is 5.74. The van der Waals surface area contributed by atoms with Gasteiger partial charge in [-0.1, -0.05) is 11.6 Å². The molecule has 0 radical (unpaired) electrons. The number of piperidine rings is 1. The van der Waals surface area contributed by atoms with E-state index in [1.807, 2.05) is 0 Å². The number of nitrogens with zero attached hydrogens (tertiary/aromatic N) is 1. The summed E-state index contributed by atoms with van der Waals surface area (Å²) < 4.78 is 38.2. The van der Waals surface area contributed by atoms with Crippen LogP contribution in [0.4, 0.5) is 18.9 Å². The number of likely N-dealkylation sites (tertiary alicyclic amines) is 1. The molecule has 118 valence electrons. The third-order valence-corrected chi connectivity index (χ3v) is 4.24. The van der Waals surface area contributed by atoms with E-state index >= 15 is 0 Å². The van der Waals surface area contributed by atoms with E-state index < -0.39 is 11.7 Å². The molecule has 0 bridgehead atoms. The zero-order valence-corrected chi connectivity index (χ0v) is 12.9. The summed E-state index contributed by atoms with van der Waals surface area (Å²) in [6.45, 7) is 6.20.